The van der Waals surface area contributed by atoms with Gasteiger partial charge in [-0.05, 0) is 48.9 Å². The Hall–Kier alpha value is -4.72. The third kappa shape index (κ3) is 4.61. The molecule has 8 heteroatoms. The number of nitrogens with one attached hydrogen (secondary N) is 2. The number of ether oxygens (including phenoxy) is 3. The first-order valence-corrected chi connectivity index (χ1v) is 11.8. The third-order valence-corrected chi connectivity index (χ3v) is 6.29. The third-order valence-electron chi connectivity index (χ3n) is 6.29. The number of nitrogens with zero attached hydrogens (tertiary/aromatic N) is 2. The van der Waals surface area contributed by atoms with Crippen molar-refractivity contribution in [1.82, 2.24) is 9.78 Å². The number of amides is 1. The SMILES string of the molecule is COc1cccc(C2=C[C@@H](c3cccc(OC)c3OC)n3ncc(C(=O)Nc4cccc(C)c4)c3N2)c1. The number of methoxy groups -OCH3 is 3. The fourth-order valence-electron chi connectivity index (χ4n) is 4.51. The lowest BCUT2D eigenvalue weighted by molar-refractivity contribution is 0.102. The first-order valence-electron chi connectivity index (χ1n) is 11.8. The topological polar surface area (TPSA) is 86.6 Å². The Balaban J connectivity index is 1.62. The Morgan fingerprint density at radius 3 is 2.54 bits per heavy atom. The van der Waals surface area contributed by atoms with Crippen molar-refractivity contribution in [3.05, 3.63) is 101 Å². The highest BCUT2D eigenvalue weighted by atomic mass is 16.5. The van der Waals surface area contributed by atoms with Crippen molar-refractivity contribution in [1.29, 1.82) is 0 Å². The van der Waals surface area contributed by atoms with Gasteiger partial charge in [0.25, 0.3) is 5.91 Å². The van der Waals surface area contributed by atoms with E-state index < -0.39 is 0 Å². The second kappa shape index (κ2) is 10.1. The summed E-state index contributed by atoms with van der Waals surface area (Å²) in [5.41, 5.74) is 4.76. The van der Waals surface area contributed by atoms with Crippen LogP contribution in [0.25, 0.3) is 5.70 Å². The van der Waals surface area contributed by atoms with E-state index in [1.54, 1.807) is 32.2 Å². The molecule has 37 heavy (non-hydrogen) atoms. The first-order chi connectivity index (χ1) is 18.0. The number of hydrogen-bond donors (Lipinski definition) is 2. The second-order valence-electron chi connectivity index (χ2n) is 8.64. The van der Waals surface area contributed by atoms with Crippen molar-refractivity contribution in [2.75, 3.05) is 32.0 Å². The van der Waals surface area contributed by atoms with E-state index >= 15 is 0 Å². The van der Waals surface area contributed by atoms with Gasteiger partial charge in [0.1, 0.15) is 23.2 Å². The van der Waals surface area contributed by atoms with Crippen molar-refractivity contribution >= 4 is 23.1 Å². The summed E-state index contributed by atoms with van der Waals surface area (Å²) in [4.78, 5) is 13.4. The van der Waals surface area contributed by atoms with Crippen LogP contribution in [0.3, 0.4) is 0 Å². The zero-order chi connectivity index (χ0) is 25.9. The van der Waals surface area contributed by atoms with E-state index in [0.29, 0.717) is 22.9 Å². The van der Waals surface area contributed by atoms with Crippen LogP contribution in [-0.2, 0) is 0 Å². The average molecular weight is 497 g/mol. The molecule has 3 aromatic carbocycles. The molecule has 0 saturated carbocycles. The molecule has 5 rings (SSSR count). The number of anilines is 2. The molecule has 1 aliphatic rings. The van der Waals surface area contributed by atoms with Crippen LogP contribution < -0.4 is 24.8 Å². The predicted octanol–water partition coefficient (Wildman–Crippen LogP) is 5.53. The Bertz CT molecular complexity index is 1490. The number of carbonyl (C=O) groups is 1. The van der Waals surface area contributed by atoms with Crippen LogP contribution in [0.4, 0.5) is 11.5 Å². The van der Waals surface area contributed by atoms with Gasteiger partial charge in [-0.1, -0.05) is 36.4 Å². The quantitative estimate of drug-likeness (QED) is 0.350. The molecule has 2 heterocycles. The van der Waals surface area contributed by atoms with Gasteiger partial charge in [0.2, 0.25) is 0 Å². The zero-order valence-corrected chi connectivity index (χ0v) is 21.1. The molecule has 0 radical (unpaired) electrons. The summed E-state index contributed by atoms with van der Waals surface area (Å²) in [5, 5.41) is 11.0. The molecule has 0 aliphatic carbocycles. The van der Waals surface area contributed by atoms with Crippen LogP contribution in [0.2, 0.25) is 0 Å². The molecule has 0 spiro atoms. The van der Waals surface area contributed by atoms with Gasteiger partial charge in [-0.25, -0.2) is 4.68 Å². The molecular formula is C29H28N4O4. The number of para-hydroxylation sites is 1. The molecule has 1 aliphatic heterocycles. The van der Waals surface area contributed by atoms with E-state index in [1.807, 2.05) is 79.7 Å². The van der Waals surface area contributed by atoms with E-state index in [1.165, 1.54) is 0 Å². The summed E-state index contributed by atoms with van der Waals surface area (Å²) in [6, 6.07) is 20.8. The summed E-state index contributed by atoms with van der Waals surface area (Å²) < 4.78 is 18.5. The molecule has 8 nitrogen and oxygen atoms in total. The van der Waals surface area contributed by atoms with Gasteiger partial charge in [-0.3, -0.25) is 4.79 Å². The number of aryl methyl sites for hydroxylation is 1. The van der Waals surface area contributed by atoms with Crippen LogP contribution in [0.15, 0.2) is 79.0 Å². The minimum Gasteiger partial charge on any atom is -0.497 e. The summed E-state index contributed by atoms with van der Waals surface area (Å²) >= 11 is 0. The van der Waals surface area contributed by atoms with Gasteiger partial charge < -0.3 is 24.8 Å². The molecular weight excluding hydrogens is 468 g/mol. The fourth-order valence-corrected chi connectivity index (χ4v) is 4.51. The number of rotatable bonds is 7. The standard InChI is InChI=1S/C29H28N4O4/c1-18-8-5-10-20(14-18)31-29(34)23-17-30-33-25(22-12-7-13-26(36-3)27(22)37-4)16-24(32-28(23)33)19-9-6-11-21(15-19)35-2/h5-17,25,32H,1-4H3,(H,31,34)/t25-/m0/s1. The lowest BCUT2D eigenvalue weighted by Crippen LogP contribution is -2.22. The van der Waals surface area contributed by atoms with Crippen molar-refractivity contribution < 1.29 is 19.0 Å². The van der Waals surface area contributed by atoms with Crippen molar-refractivity contribution in [2.24, 2.45) is 0 Å². The van der Waals surface area contributed by atoms with Crippen LogP contribution in [0.1, 0.15) is 33.1 Å². The number of carbonyl (C=O) groups excluding carboxylic acids is 1. The first kappa shape index (κ1) is 24.0. The number of benzene rings is 3. The lowest BCUT2D eigenvalue weighted by Gasteiger charge is -2.27. The maximum atomic E-state index is 13.4. The highest BCUT2D eigenvalue weighted by Crippen LogP contribution is 2.42. The number of allylic oxidation sites excluding steroid dienone is 1. The minimum atomic E-state index is -0.372. The smallest absolute Gasteiger partial charge is 0.261 e. The van der Waals surface area contributed by atoms with E-state index in [4.69, 9.17) is 14.2 Å². The van der Waals surface area contributed by atoms with E-state index in [9.17, 15) is 4.79 Å². The molecule has 0 saturated heterocycles. The van der Waals surface area contributed by atoms with Crippen molar-refractivity contribution in [3.8, 4) is 17.2 Å². The highest BCUT2D eigenvalue weighted by Gasteiger charge is 2.30. The van der Waals surface area contributed by atoms with E-state index in [-0.39, 0.29) is 11.9 Å². The highest BCUT2D eigenvalue weighted by molar-refractivity contribution is 6.08. The summed E-state index contributed by atoms with van der Waals surface area (Å²) in [7, 11) is 4.85. The molecule has 4 aromatic rings. The van der Waals surface area contributed by atoms with Gasteiger partial charge >= 0.3 is 0 Å². The minimum absolute atomic E-state index is 0.261. The number of aromatic nitrogens is 2. The molecule has 188 valence electrons. The molecule has 0 unspecified atom stereocenters. The monoisotopic (exact) mass is 496 g/mol. The Kier molecular flexibility index (Phi) is 6.55. The van der Waals surface area contributed by atoms with Crippen LogP contribution >= 0.6 is 0 Å². The van der Waals surface area contributed by atoms with Crippen molar-refractivity contribution in [3.63, 3.8) is 0 Å². The van der Waals surface area contributed by atoms with Crippen LogP contribution in [0.5, 0.6) is 17.2 Å². The van der Waals surface area contributed by atoms with E-state index in [0.717, 1.165) is 33.8 Å². The predicted molar refractivity (Wildman–Crippen MR) is 144 cm³/mol. The maximum absolute atomic E-state index is 13.4. The van der Waals surface area contributed by atoms with Gasteiger partial charge in [0.05, 0.1) is 27.5 Å². The van der Waals surface area contributed by atoms with Gasteiger partial charge in [-0.2, -0.15) is 5.10 Å². The van der Waals surface area contributed by atoms with Gasteiger partial charge in [-0.15, -0.1) is 0 Å². The Morgan fingerprint density at radius 1 is 0.973 bits per heavy atom. The van der Waals surface area contributed by atoms with Crippen LogP contribution in [0, 0.1) is 6.92 Å². The Morgan fingerprint density at radius 2 is 1.78 bits per heavy atom. The zero-order valence-electron chi connectivity index (χ0n) is 21.1. The maximum Gasteiger partial charge on any atom is 0.261 e. The normalized spacial score (nSPS) is 14.2. The van der Waals surface area contributed by atoms with E-state index in [2.05, 4.69) is 15.7 Å². The lowest BCUT2D eigenvalue weighted by atomic mass is 9.99. The second-order valence-corrected chi connectivity index (χ2v) is 8.64. The molecule has 0 fully saturated rings. The number of fused-ring (bicyclic) bond motifs is 1. The summed E-state index contributed by atoms with van der Waals surface area (Å²) in [6.45, 7) is 1.98. The molecule has 1 atom stereocenters. The average Bonchev–Trinajstić information content (AvgIpc) is 3.36. The molecule has 0 bridgehead atoms. The summed E-state index contributed by atoms with van der Waals surface area (Å²) in [6.07, 6.45) is 3.63. The van der Waals surface area contributed by atoms with Crippen LogP contribution in [-0.4, -0.2) is 37.0 Å². The Labute approximate surface area is 215 Å². The largest absolute Gasteiger partial charge is 0.497 e. The number of hydrogen-bond acceptors (Lipinski definition) is 6. The molecule has 1 amide bonds. The van der Waals surface area contributed by atoms with Gasteiger partial charge in [0.15, 0.2) is 11.5 Å². The molecule has 2 N–H and O–H groups in total. The fraction of sp³-hybridized carbons (Fsp3) is 0.172. The van der Waals surface area contributed by atoms with Gasteiger partial charge in [0, 0.05) is 22.5 Å². The molecule has 1 aromatic heterocycles. The summed E-state index contributed by atoms with van der Waals surface area (Å²) in [5.74, 6) is 2.25. The van der Waals surface area contributed by atoms with Crippen molar-refractivity contribution in [2.45, 2.75) is 13.0 Å².